The van der Waals surface area contributed by atoms with Crippen molar-refractivity contribution in [2.45, 2.75) is 47.5 Å². The Balaban J connectivity index is 2.45. The molecule has 1 fully saturated rings. The van der Waals surface area contributed by atoms with Crippen molar-refractivity contribution in [3.05, 3.63) is 11.8 Å². The van der Waals surface area contributed by atoms with Crippen LogP contribution in [0.5, 0.6) is 0 Å². The molecule has 0 spiro atoms. The molecule has 0 aliphatic carbocycles. The molecule has 17 heavy (non-hydrogen) atoms. The van der Waals surface area contributed by atoms with E-state index in [4.69, 9.17) is 0 Å². The Morgan fingerprint density at radius 2 is 1.82 bits per heavy atom. The molecule has 1 aliphatic rings. The van der Waals surface area contributed by atoms with Gasteiger partial charge in [-0.2, -0.15) is 0 Å². The van der Waals surface area contributed by atoms with Gasteiger partial charge in [0.25, 0.3) is 0 Å². The van der Waals surface area contributed by atoms with Gasteiger partial charge >= 0.3 is 6.03 Å². The van der Waals surface area contributed by atoms with Crippen molar-refractivity contribution in [3.8, 4) is 0 Å². The lowest BCUT2D eigenvalue weighted by Crippen LogP contribution is -2.42. The fraction of sp³-hybridized carbons (Fsp3) is 0.786. The van der Waals surface area contributed by atoms with Crippen molar-refractivity contribution in [2.75, 3.05) is 13.1 Å². The minimum absolute atomic E-state index is 0.0421. The van der Waals surface area contributed by atoms with E-state index in [2.05, 4.69) is 39.9 Å². The molecule has 0 bridgehead atoms. The second kappa shape index (κ2) is 5.56. The minimum Gasteiger partial charge on any atom is -0.325 e. The van der Waals surface area contributed by atoms with Gasteiger partial charge in [-0.3, -0.25) is 0 Å². The molecule has 3 nitrogen and oxygen atoms in total. The topological polar surface area (TPSA) is 32.3 Å². The van der Waals surface area contributed by atoms with E-state index in [1.807, 2.05) is 11.1 Å². The lowest BCUT2D eigenvalue weighted by Gasteiger charge is -2.30. The minimum atomic E-state index is 0.0421. The van der Waals surface area contributed by atoms with Crippen LogP contribution >= 0.6 is 0 Å². The highest BCUT2D eigenvalue weighted by Gasteiger charge is 2.20. The summed E-state index contributed by atoms with van der Waals surface area (Å²) >= 11 is 0. The Kier molecular flexibility index (Phi) is 4.61. The average molecular weight is 238 g/mol. The van der Waals surface area contributed by atoms with Gasteiger partial charge in [-0.15, -0.1) is 0 Å². The summed E-state index contributed by atoms with van der Waals surface area (Å²) in [6.07, 6.45) is 4.09. The molecule has 98 valence electrons. The van der Waals surface area contributed by atoms with Crippen molar-refractivity contribution in [2.24, 2.45) is 11.3 Å². The normalized spacial score (nSPS) is 19.4. The van der Waals surface area contributed by atoms with Gasteiger partial charge in [0, 0.05) is 19.3 Å². The Morgan fingerprint density at radius 1 is 1.29 bits per heavy atom. The molecule has 0 atom stereocenters. The first-order valence-corrected chi connectivity index (χ1v) is 6.53. The highest BCUT2D eigenvalue weighted by Crippen LogP contribution is 2.23. The molecule has 0 radical (unpaired) electrons. The summed E-state index contributed by atoms with van der Waals surface area (Å²) in [5.74, 6) is 0.755. The quantitative estimate of drug-likeness (QED) is 0.746. The first kappa shape index (κ1) is 14.1. The smallest absolute Gasteiger partial charge is 0.321 e. The number of hydrogen-bond donors (Lipinski definition) is 1. The molecule has 0 aromatic carbocycles. The third kappa shape index (κ3) is 4.41. The standard InChI is InChI=1S/C14H26N2O/c1-11-6-8-16(9-7-11)13(17)15-10-12(2)14(3,4)5/h10-11H,6-9H2,1-5H3,(H,15,17)/b12-10+. The Labute approximate surface area is 105 Å². The number of likely N-dealkylation sites (tertiary alicyclic amines) is 1. The van der Waals surface area contributed by atoms with Crippen LogP contribution in [-0.4, -0.2) is 24.0 Å². The predicted molar refractivity (Wildman–Crippen MR) is 71.7 cm³/mol. The van der Waals surface area contributed by atoms with E-state index in [9.17, 15) is 4.79 Å². The largest absolute Gasteiger partial charge is 0.325 e. The number of amides is 2. The third-order valence-electron chi connectivity index (χ3n) is 3.67. The molecule has 0 aromatic heterocycles. The lowest BCUT2D eigenvalue weighted by atomic mass is 9.88. The number of nitrogens with one attached hydrogen (secondary N) is 1. The summed E-state index contributed by atoms with van der Waals surface area (Å²) in [6.45, 7) is 12.5. The van der Waals surface area contributed by atoms with Crippen LogP contribution in [0.1, 0.15) is 47.5 Å². The highest BCUT2D eigenvalue weighted by molar-refractivity contribution is 5.75. The van der Waals surface area contributed by atoms with Crippen LogP contribution in [0.3, 0.4) is 0 Å². The van der Waals surface area contributed by atoms with Crippen molar-refractivity contribution in [1.29, 1.82) is 0 Å². The zero-order valence-corrected chi connectivity index (χ0v) is 11.8. The highest BCUT2D eigenvalue weighted by atomic mass is 16.2. The monoisotopic (exact) mass is 238 g/mol. The van der Waals surface area contributed by atoms with Crippen molar-refractivity contribution >= 4 is 6.03 Å². The Morgan fingerprint density at radius 3 is 2.29 bits per heavy atom. The van der Waals surface area contributed by atoms with E-state index in [1.165, 1.54) is 5.57 Å². The molecule has 2 amide bonds. The van der Waals surface area contributed by atoms with Gasteiger partial charge in [-0.1, -0.05) is 33.3 Å². The molecule has 0 saturated carbocycles. The zero-order chi connectivity index (χ0) is 13.1. The van der Waals surface area contributed by atoms with Gasteiger partial charge < -0.3 is 10.2 Å². The maximum Gasteiger partial charge on any atom is 0.321 e. The first-order chi connectivity index (χ1) is 7.80. The number of piperidine rings is 1. The Hall–Kier alpha value is -0.990. The predicted octanol–water partition coefficient (Wildman–Crippen LogP) is 3.38. The van der Waals surface area contributed by atoms with E-state index in [0.29, 0.717) is 0 Å². The van der Waals surface area contributed by atoms with Crippen LogP contribution in [0.2, 0.25) is 0 Å². The van der Waals surface area contributed by atoms with E-state index >= 15 is 0 Å². The molecule has 1 heterocycles. The van der Waals surface area contributed by atoms with Gasteiger partial charge in [0.1, 0.15) is 0 Å². The van der Waals surface area contributed by atoms with Gasteiger partial charge in [0.05, 0.1) is 0 Å². The molecule has 3 heteroatoms. The summed E-state index contributed by atoms with van der Waals surface area (Å²) in [6, 6.07) is 0.0421. The number of rotatable bonds is 1. The Bertz CT molecular complexity index is 294. The van der Waals surface area contributed by atoms with Gasteiger partial charge in [-0.25, -0.2) is 4.79 Å². The summed E-state index contributed by atoms with van der Waals surface area (Å²) < 4.78 is 0. The number of carbonyl (C=O) groups excluding carboxylic acids is 1. The molecule has 1 aliphatic heterocycles. The van der Waals surface area contributed by atoms with E-state index < -0.39 is 0 Å². The van der Waals surface area contributed by atoms with Crippen molar-refractivity contribution in [3.63, 3.8) is 0 Å². The summed E-state index contributed by atoms with van der Waals surface area (Å²) in [5, 5.41) is 2.90. The average Bonchev–Trinajstić information content (AvgIpc) is 2.25. The number of carbonyl (C=O) groups is 1. The molecule has 1 saturated heterocycles. The van der Waals surface area contributed by atoms with Crippen LogP contribution in [-0.2, 0) is 0 Å². The number of urea groups is 1. The van der Waals surface area contributed by atoms with E-state index in [-0.39, 0.29) is 11.4 Å². The second-order valence-electron chi connectivity index (χ2n) is 6.20. The van der Waals surface area contributed by atoms with E-state index in [1.54, 1.807) is 0 Å². The van der Waals surface area contributed by atoms with Crippen LogP contribution in [0.25, 0.3) is 0 Å². The summed E-state index contributed by atoms with van der Waals surface area (Å²) in [5.41, 5.74) is 1.31. The van der Waals surface area contributed by atoms with Crippen LogP contribution in [0, 0.1) is 11.3 Å². The SMILES string of the molecule is C/C(=C\NC(=O)N1CCC(C)CC1)C(C)(C)C. The molecule has 0 aromatic rings. The van der Waals surface area contributed by atoms with Gasteiger partial charge in [0.15, 0.2) is 0 Å². The third-order valence-corrected chi connectivity index (χ3v) is 3.67. The summed E-state index contributed by atoms with van der Waals surface area (Å²) in [4.78, 5) is 13.8. The maximum atomic E-state index is 11.9. The molecule has 0 unspecified atom stereocenters. The second-order valence-corrected chi connectivity index (χ2v) is 6.20. The van der Waals surface area contributed by atoms with Gasteiger partial charge in [-0.05, 0) is 31.1 Å². The molecular weight excluding hydrogens is 212 g/mol. The number of allylic oxidation sites excluding steroid dienone is 1. The number of hydrogen-bond acceptors (Lipinski definition) is 1. The first-order valence-electron chi connectivity index (χ1n) is 6.53. The molecular formula is C14H26N2O. The summed E-state index contributed by atoms with van der Waals surface area (Å²) in [7, 11) is 0. The van der Waals surface area contributed by atoms with Gasteiger partial charge in [0.2, 0.25) is 0 Å². The molecule has 1 rings (SSSR count). The maximum absolute atomic E-state index is 11.9. The lowest BCUT2D eigenvalue weighted by molar-refractivity contribution is 0.177. The fourth-order valence-electron chi connectivity index (χ4n) is 1.69. The van der Waals surface area contributed by atoms with E-state index in [0.717, 1.165) is 31.8 Å². The zero-order valence-electron chi connectivity index (χ0n) is 11.8. The van der Waals surface area contributed by atoms with Crippen LogP contribution < -0.4 is 5.32 Å². The van der Waals surface area contributed by atoms with Crippen LogP contribution in [0.15, 0.2) is 11.8 Å². The number of nitrogens with zero attached hydrogens (tertiary/aromatic N) is 1. The molecule has 1 N–H and O–H groups in total. The fourth-order valence-corrected chi connectivity index (χ4v) is 1.69. The van der Waals surface area contributed by atoms with Crippen molar-refractivity contribution < 1.29 is 4.79 Å². The van der Waals surface area contributed by atoms with Crippen LogP contribution in [0.4, 0.5) is 4.79 Å². The van der Waals surface area contributed by atoms with Crippen molar-refractivity contribution in [1.82, 2.24) is 10.2 Å².